The van der Waals surface area contributed by atoms with Gasteiger partial charge in [-0.25, -0.2) is 0 Å². The lowest BCUT2D eigenvalue weighted by Gasteiger charge is -2.22. The van der Waals surface area contributed by atoms with Crippen molar-refractivity contribution in [2.75, 3.05) is 13.7 Å². The van der Waals surface area contributed by atoms with Crippen molar-refractivity contribution < 1.29 is 14.3 Å². The van der Waals surface area contributed by atoms with Gasteiger partial charge in [0.2, 0.25) is 0 Å². The fourth-order valence-electron chi connectivity index (χ4n) is 1.71. The molecule has 0 bridgehead atoms. The van der Waals surface area contributed by atoms with E-state index in [1.165, 1.54) is 7.11 Å². The molecule has 0 amide bonds. The van der Waals surface area contributed by atoms with Crippen molar-refractivity contribution in [1.29, 1.82) is 0 Å². The Morgan fingerprint density at radius 2 is 2.05 bits per heavy atom. The average Bonchev–Trinajstić information content (AvgIpc) is 2.36. The Bertz CT molecular complexity index is 453. The van der Waals surface area contributed by atoms with Crippen LogP contribution in [-0.2, 0) is 9.53 Å². The van der Waals surface area contributed by atoms with E-state index in [0.717, 1.165) is 16.9 Å². The van der Waals surface area contributed by atoms with Crippen LogP contribution in [0.2, 0.25) is 0 Å². The number of carbonyl (C=O) groups excluding carboxylic acids is 1. The van der Waals surface area contributed by atoms with Crippen LogP contribution < -0.4 is 10.5 Å². The fraction of sp³-hybridized carbons (Fsp3) is 0.533. The normalized spacial score (nSPS) is 12.9. The highest BCUT2D eigenvalue weighted by Gasteiger charge is 2.29. The molecule has 1 rings (SSSR count). The van der Waals surface area contributed by atoms with Crippen LogP contribution in [0.1, 0.15) is 37.9 Å². The van der Waals surface area contributed by atoms with Crippen molar-refractivity contribution in [2.45, 2.75) is 33.7 Å². The Labute approximate surface area is 114 Å². The molecular weight excluding hydrogens is 242 g/mol. The SMILES string of the molecule is COC(=O)C(C)(C)COc1ccc(C(C)N)cc1C. The lowest BCUT2D eigenvalue weighted by Crippen LogP contribution is -2.32. The largest absolute Gasteiger partial charge is 0.492 e. The van der Waals surface area contributed by atoms with Crippen LogP contribution >= 0.6 is 0 Å². The van der Waals surface area contributed by atoms with Crippen LogP contribution in [0.25, 0.3) is 0 Å². The molecule has 1 aromatic rings. The number of methoxy groups -OCH3 is 1. The summed E-state index contributed by atoms with van der Waals surface area (Å²) in [5.41, 5.74) is 7.24. The van der Waals surface area contributed by atoms with Crippen LogP contribution in [0, 0.1) is 12.3 Å². The van der Waals surface area contributed by atoms with Gasteiger partial charge < -0.3 is 15.2 Å². The molecule has 0 radical (unpaired) electrons. The highest BCUT2D eigenvalue weighted by atomic mass is 16.5. The van der Waals surface area contributed by atoms with E-state index in [4.69, 9.17) is 15.2 Å². The summed E-state index contributed by atoms with van der Waals surface area (Å²) in [6.45, 7) is 7.77. The lowest BCUT2D eigenvalue weighted by atomic mass is 9.95. The van der Waals surface area contributed by atoms with Crippen molar-refractivity contribution >= 4 is 5.97 Å². The first kappa shape index (κ1) is 15.5. The highest BCUT2D eigenvalue weighted by Crippen LogP contribution is 2.25. The molecule has 4 heteroatoms. The molecule has 0 aliphatic carbocycles. The summed E-state index contributed by atoms with van der Waals surface area (Å²) >= 11 is 0. The van der Waals surface area contributed by atoms with E-state index in [1.807, 2.05) is 32.0 Å². The van der Waals surface area contributed by atoms with Gasteiger partial charge in [0.25, 0.3) is 0 Å². The number of benzene rings is 1. The van der Waals surface area contributed by atoms with Gasteiger partial charge in [-0.05, 0) is 44.9 Å². The first-order valence-electron chi connectivity index (χ1n) is 6.35. The van der Waals surface area contributed by atoms with Crippen molar-refractivity contribution in [3.63, 3.8) is 0 Å². The van der Waals surface area contributed by atoms with Crippen LogP contribution in [0.15, 0.2) is 18.2 Å². The standard InChI is InChI=1S/C15H23NO3/c1-10-8-12(11(2)16)6-7-13(10)19-9-15(3,4)14(17)18-5/h6-8,11H,9,16H2,1-5H3. The third-order valence-corrected chi connectivity index (χ3v) is 3.05. The third-order valence-electron chi connectivity index (χ3n) is 3.05. The molecule has 4 nitrogen and oxygen atoms in total. The number of hydrogen-bond donors (Lipinski definition) is 1. The molecule has 0 aliphatic rings. The minimum Gasteiger partial charge on any atom is -0.492 e. The number of carbonyl (C=O) groups is 1. The van der Waals surface area contributed by atoms with E-state index in [0.29, 0.717) is 0 Å². The van der Waals surface area contributed by atoms with Crippen molar-refractivity contribution in [3.8, 4) is 5.75 Å². The number of aryl methyl sites for hydroxylation is 1. The second-order valence-corrected chi connectivity index (χ2v) is 5.48. The Balaban J connectivity index is 2.76. The molecule has 1 unspecified atom stereocenters. The topological polar surface area (TPSA) is 61.5 Å². The molecule has 0 fully saturated rings. The van der Waals surface area contributed by atoms with E-state index in [1.54, 1.807) is 13.8 Å². The van der Waals surface area contributed by atoms with Gasteiger partial charge in [0.15, 0.2) is 0 Å². The smallest absolute Gasteiger partial charge is 0.314 e. The summed E-state index contributed by atoms with van der Waals surface area (Å²) in [5.74, 6) is 0.485. The van der Waals surface area contributed by atoms with Gasteiger partial charge >= 0.3 is 5.97 Å². The molecule has 19 heavy (non-hydrogen) atoms. The molecule has 0 saturated heterocycles. The van der Waals surface area contributed by atoms with Gasteiger partial charge in [0, 0.05) is 6.04 Å². The number of rotatable bonds is 5. The van der Waals surface area contributed by atoms with Crippen LogP contribution in [0.3, 0.4) is 0 Å². The van der Waals surface area contributed by atoms with Gasteiger partial charge in [0.1, 0.15) is 12.4 Å². The maximum Gasteiger partial charge on any atom is 0.314 e. The molecule has 0 aliphatic heterocycles. The Kier molecular flexibility index (Phi) is 4.95. The van der Waals surface area contributed by atoms with Gasteiger partial charge in [-0.1, -0.05) is 12.1 Å². The summed E-state index contributed by atoms with van der Waals surface area (Å²) in [6.07, 6.45) is 0. The number of hydrogen-bond acceptors (Lipinski definition) is 4. The Morgan fingerprint density at radius 1 is 1.42 bits per heavy atom. The summed E-state index contributed by atoms with van der Waals surface area (Å²) in [7, 11) is 1.38. The van der Waals surface area contributed by atoms with Gasteiger partial charge in [-0.3, -0.25) is 4.79 Å². The van der Waals surface area contributed by atoms with E-state index >= 15 is 0 Å². The van der Waals surface area contributed by atoms with Gasteiger partial charge in [-0.15, -0.1) is 0 Å². The zero-order valence-electron chi connectivity index (χ0n) is 12.3. The Hall–Kier alpha value is -1.55. The first-order valence-corrected chi connectivity index (χ1v) is 6.35. The molecule has 0 saturated carbocycles. The summed E-state index contributed by atoms with van der Waals surface area (Å²) < 4.78 is 10.5. The lowest BCUT2D eigenvalue weighted by molar-refractivity contribution is -0.152. The quantitative estimate of drug-likeness (QED) is 0.831. The molecule has 0 spiro atoms. The zero-order chi connectivity index (χ0) is 14.6. The molecule has 1 aromatic carbocycles. The Morgan fingerprint density at radius 3 is 2.53 bits per heavy atom. The number of esters is 1. The number of ether oxygens (including phenoxy) is 2. The predicted molar refractivity (Wildman–Crippen MR) is 75.1 cm³/mol. The molecule has 0 aromatic heterocycles. The second kappa shape index (κ2) is 6.06. The van der Waals surface area contributed by atoms with E-state index in [2.05, 4.69) is 0 Å². The van der Waals surface area contributed by atoms with E-state index in [9.17, 15) is 4.79 Å². The third kappa shape index (κ3) is 3.96. The first-order chi connectivity index (χ1) is 8.77. The van der Waals surface area contributed by atoms with Crippen molar-refractivity contribution in [1.82, 2.24) is 0 Å². The minimum absolute atomic E-state index is 0.000685. The van der Waals surface area contributed by atoms with E-state index < -0.39 is 5.41 Å². The van der Waals surface area contributed by atoms with Crippen LogP contribution in [-0.4, -0.2) is 19.7 Å². The molecule has 1 atom stereocenters. The fourth-order valence-corrected chi connectivity index (χ4v) is 1.71. The zero-order valence-corrected chi connectivity index (χ0v) is 12.3. The number of nitrogens with two attached hydrogens (primary N) is 1. The average molecular weight is 265 g/mol. The molecule has 106 valence electrons. The maximum atomic E-state index is 11.6. The predicted octanol–water partition coefficient (Wildman–Crippen LogP) is 2.59. The van der Waals surface area contributed by atoms with Gasteiger partial charge in [-0.2, -0.15) is 0 Å². The van der Waals surface area contributed by atoms with Gasteiger partial charge in [0.05, 0.1) is 12.5 Å². The molecular formula is C15H23NO3. The molecule has 2 N–H and O–H groups in total. The van der Waals surface area contributed by atoms with Crippen LogP contribution in [0.4, 0.5) is 0 Å². The van der Waals surface area contributed by atoms with Crippen LogP contribution in [0.5, 0.6) is 5.75 Å². The minimum atomic E-state index is -0.666. The second-order valence-electron chi connectivity index (χ2n) is 5.48. The van der Waals surface area contributed by atoms with Crippen molar-refractivity contribution in [3.05, 3.63) is 29.3 Å². The summed E-state index contributed by atoms with van der Waals surface area (Å²) in [4.78, 5) is 11.6. The summed E-state index contributed by atoms with van der Waals surface area (Å²) in [6, 6.07) is 5.84. The molecule has 0 heterocycles. The van der Waals surface area contributed by atoms with Crippen molar-refractivity contribution in [2.24, 2.45) is 11.1 Å². The van der Waals surface area contributed by atoms with E-state index in [-0.39, 0.29) is 18.6 Å². The summed E-state index contributed by atoms with van der Waals surface area (Å²) in [5, 5.41) is 0. The maximum absolute atomic E-state index is 11.6. The monoisotopic (exact) mass is 265 g/mol. The highest BCUT2D eigenvalue weighted by molar-refractivity contribution is 5.75.